The Labute approximate surface area is 91.8 Å². The molecule has 1 saturated heterocycles. The van der Waals surface area contributed by atoms with Crippen LogP contribution in [0, 0.1) is 16.7 Å². The van der Waals surface area contributed by atoms with E-state index in [1.165, 1.54) is 32.1 Å². The second kappa shape index (κ2) is 4.96. The van der Waals surface area contributed by atoms with Gasteiger partial charge in [0.15, 0.2) is 0 Å². The topological polar surface area (TPSA) is 45.0 Å². The van der Waals surface area contributed by atoms with Gasteiger partial charge in [0.05, 0.1) is 19.3 Å². The summed E-state index contributed by atoms with van der Waals surface area (Å²) in [6, 6.07) is 2.82. The van der Waals surface area contributed by atoms with Gasteiger partial charge in [0.25, 0.3) is 0 Å². The molecule has 0 radical (unpaired) electrons. The third kappa shape index (κ3) is 3.19. The summed E-state index contributed by atoms with van der Waals surface area (Å²) in [6.45, 7) is 2.75. The largest absolute Gasteiger partial charge is 0.379 e. The van der Waals surface area contributed by atoms with Crippen LogP contribution in [0.25, 0.3) is 0 Å². The van der Waals surface area contributed by atoms with Crippen molar-refractivity contribution in [2.75, 3.05) is 19.8 Å². The molecule has 2 fully saturated rings. The van der Waals surface area contributed by atoms with Crippen molar-refractivity contribution in [1.29, 1.82) is 5.26 Å². The third-order valence-electron chi connectivity index (χ3n) is 3.55. The zero-order valence-electron chi connectivity index (χ0n) is 9.30. The summed E-state index contributed by atoms with van der Waals surface area (Å²) in [7, 11) is 0. The predicted molar refractivity (Wildman–Crippen MR) is 58.4 cm³/mol. The van der Waals surface area contributed by atoms with Crippen molar-refractivity contribution in [3.8, 4) is 6.07 Å². The van der Waals surface area contributed by atoms with Crippen LogP contribution in [0.4, 0.5) is 0 Å². The molecule has 0 aromatic heterocycles. The van der Waals surface area contributed by atoms with E-state index in [1.807, 2.05) is 0 Å². The summed E-state index contributed by atoms with van der Waals surface area (Å²) in [6.07, 6.45) is 6.90. The molecule has 1 heterocycles. The Balaban J connectivity index is 1.60. The SMILES string of the molecule is N#CCC1(COCC2CCCCN2)CC1. The first-order valence-electron chi connectivity index (χ1n) is 6.03. The van der Waals surface area contributed by atoms with Crippen molar-refractivity contribution in [3.05, 3.63) is 0 Å². The third-order valence-corrected chi connectivity index (χ3v) is 3.55. The van der Waals surface area contributed by atoms with Crippen LogP contribution in [0.3, 0.4) is 0 Å². The molecular weight excluding hydrogens is 188 g/mol. The highest BCUT2D eigenvalue weighted by Gasteiger charge is 2.42. The van der Waals surface area contributed by atoms with Crippen LogP contribution in [0.1, 0.15) is 38.5 Å². The molecule has 2 aliphatic rings. The molecule has 15 heavy (non-hydrogen) atoms. The molecule has 0 amide bonds. The summed E-state index contributed by atoms with van der Waals surface area (Å²) in [4.78, 5) is 0. The van der Waals surface area contributed by atoms with Crippen LogP contribution in [-0.4, -0.2) is 25.8 Å². The second-order valence-corrected chi connectivity index (χ2v) is 5.00. The highest BCUT2D eigenvalue weighted by molar-refractivity contribution is 4.99. The van der Waals surface area contributed by atoms with Crippen LogP contribution in [0.5, 0.6) is 0 Å². The van der Waals surface area contributed by atoms with Crippen LogP contribution < -0.4 is 5.32 Å². The predicted octanol–water partition coefficient (Wildman–Crippen LogP) is 1.84. The summed E-state index contributed by atoms with van der Waals surface area (Å²) >= 11 is 0. The minimum Gasteiger partial charge on any atom is -0.379 e. The fraction of sp³-hybridized carbons (Fsp3) is 0.917. The maximum Gasteiger partial charge on any atom is 0.0628 e. The Bertz CT molecular complexity index is 236. The maximum atomic E-state index is 8.67. The van der Waals surface area contributed by atoms with Gasteiger partial charge in [0.1, 0.15) is 0 Å². The molecule has 0 aromatic carbocycles. The van der Waals surface area contributed by atoms with Crippen molar-refractivity contribution in [2.24, 2.45) is 5.41 Å². The van der Waals surface area contributed by atoms with Crippen LogP contribution in [-0.2, 0) is 4.74 Å². The smallest absolute Gasteiger partial charge is 0.0628 e. The lowest BCUT2D eigenvalue weighted by Crippen LogP contribution is -2.38. The lowest BCUT2D eigenvalue weighted by Gasteiger charge is -2.24. The molecule has 1 aliphatic carbocycles. The van der Waals surface area contributed by atoms with Crippen LogP contribution in [0.2, 0.25) is 0 Å². The number of ether oxygens (including phenoxy) is 1. The van der Waals surface area contributed by atoms with Gasteiger partial charge in [-0.1, -0.05) is 6.42 Å². The highest BCUT2D eigenvalue weighted by Crippen LogP contribution is 2.48. The van der Waals surface area contributed by atoms with E-state index in [4.69, 9.17) is 10.00 Å². The van der Waals surface area contributed by atoms with Gasteiger partial charge < -0.3 is 10.1 Å². The monoisotopic (exact) mass is 208 g/mol. The average Bonchev–Trinajstić information content (AvgIpc) is 3.00. The Morgan fingerprint density at radius 2 is 2.27 bits per heavy atom. The van der Waals surface area contributed by atoms with E-state index in [-0.39, 0.29) is 5.41 Å². The standard InChI is InChI=1S/C12H20N2O/c13-7-6-12(4-5-12)10-15-9-11-3-1-2-8-14-11/h11,14H,1-6,8-10H2. The average molecular weight is 208 g/mol. The Hall–Kier alpha value is -0.590. The molecule has 3 nitrogen and oxygen atoms in total. The first-order valence-corrected chi connectivity index (χ1v) is 6.03. The molecular formula is C12H20N2O. The molecule has 1 N–H and O–H groups in total. The lowest BCUT2D eigenvalue weighted by atomic mass is 10.0. The van der Waals surface area contributed by atoms with Crippen LogP contribution in [0.15, 0.2) is 0 Å². The van der Waals surface area contributed by atoms with Gasteiger partial charge in [-0.05, 0) is 32.2 Å². The Morgan fingerprint density at radius 3 is 2.87 bits per heavy atom. The minimum atomic E-state index is 0.240. The van der Waals surface area contributed by atoms with Crippen molar-refractivity contribution in [3.63, 3.8) is 0 Å². The Morgan fingerprint density at radius 1 is 1.40 bits per heavy atom. The quantitative estimate of drug-likeness (QED) is 0.749. The summed E-state index contributed by atoms with van der Waals surface area (Å²) in [5, 5.41) is 12.1. The first-order chi connectivity index (χ1) is 7.35. The second-order valence-electron chi connectivity index (χ2n) is 5.00. The lowest BCUT2D eigenvalue weighted by molar-refractivity contribution is 0.0687. The van der Waals surface area contributed by atoms with Gasteiger partial charge in [0.2, 0.25) is 0 Å². The molecule has 0 bridgehead atoms. The molecule has 2 rings (SSSR count). The summed E-state index contributed by atoms with van der Waals surface area (Å²) in [5.74, 6) is 0. The zero-order valence-corrected chi connectivity index (χ0v) is 9.30. The molecule has 84 valence electrons. The fourth-order valence-corrected chi connectivity index (χ4v) is 2.20. The van der Waals surface area contributed by atoms with Crippen molar-refractivity contribution in [2.45, 2.75) is 44.6 Å². The number of hydrogen-bond donors (Lipinski definition) is 1. The normalized spacial score (nSPS) is 28.3. The molecule has 1 saturated carbocycles. The molecule has 3 heteroatoms. The summed E-state index contributed by atoms with van der Waals surface area (Å²) < 4.78 is 5.74. The number of nitrogens with zero attached hydrogens (tertiary/aromatic N) is 1. The van der Waals surface area contributed by atoms with E-state index < -0.39 is 0 Å². The van der Waals surface area contributed by atoms with Gasteiger partial charge >= 0.3 is 0 Å². The molecule has 1 unspecified atom stereocenters. The molecule has 0 aromatic rings. The molecule has 1 atom stereocenters. The minimum absolute atomic E-state index is 0.240. The van der Waals surface area contributed by atoms with Crippen molar-refractivity contribution in [1.82, 2.24) is 5.32 Å². The van der Waals surface area contributed by atoms with Gasteiger partial charge in [-0.15, -0.1) is 0 Å². The number of nitriles is 1. The maximum absolute atomic E-state index is 8.67. The van der Waals surface area contributed by atoms with Crippen molar-refractivity contribution < 1.29 is 4.74 Å². The van der Waals surface area contributed by atoms with Gasteiger partial charge in [-0.25, -0.2) is 0 Å². The van der Waals surface area contributed by atoms with E-state index in [1.54, 1.807) is 0 Å². The Kier molecular flexibility index (Phi) is 3.61. The van der Waals surface area contributed by atoms with E-state index in [2.05, 4.69) is 11.4 Å². The van der Waals surface area contributed by atoms with Gasteiger partial charge in [0, 0.05) is 17.9 Å². The van der Waals surface area contributed by atoms with E-state index >= 15 is 0 Å². The number of piperidine rings is 1. The molecule has 0 spiro atoms. The zero-order chi connectivity index (χ0) is 10.6. The van der Waals surface area contributed by atoms with E-state index in [0.29, 0.717) is 12.5 Å². The van der Waals surface area contributed by atoms with Gasteiger partial charge in [-0.3, -0.25) is 0 Å². The van der Waals surface area contributed by atoms with Crippen LogP contribution >= 0.6 is 0 Å². The van der Waals surface area contributed by atoms with Gasteiger partial charge in [-0.2, -0.15) is 5.26 Å². The fourth-order valence-electron chi connectivity index (χ4n) is 2.20. The number of hydrogen-bond acceptors (Lipinski definition) is 3. The summed E-state index contributed by atoms with van der Waals surface area (Å²) in [5.41, 5.74) is 0.240. The highest BCUT2D eigenvalue weighted by atomic mass is 16.5. The van der Waals surface area contributed by atoms with E-state index in [9.17, 15) is 0 Å². The molecule has 1 aliphatic heterocycles. The number of rotatable bonds is 5. The number of nitrogens with one attached hydrogen (secondary N) is 1. The van der Waals surface area contributed by atoms with E-state index in [0.717, 1.165) is 19.8 Å². The first kappa shape index (κ1) is 10.9. The van der Waals surface area contributed by atoms with Crippen molar-refractivity contribution >= 4 is 0 Å².